The van der Waals surface area contributed by atoms with Crippen molar-refractivity contribution < 1.29 is 18.8 Å². The first-order valence-electron chi connectivity index (χ1n) is 14.1. The molecule has 1 saturated heterocycles. The molecule has 2 bridgehead atoms. The zero-order chi connectivity index (χ0) is 26.9. The molecule has 0 amide bonds. The number of esters is 1. The first-order valence-corrected chi connectivity index (χ1v) is 14.8. The fourth-order valence-electron chi connectivity index (χ4n) is 6.19. The molecule has 3 aromatic rings. The minimum absolute atomic E-state index is 0.115. The number of ether oxygens (including phenoxy) is 2. The van der Waals surface area contributed by atoms with Gasteiger partial charge in [-0.2, -0.15) is 0 Å². The first-order chi connectivity index (χ1) is 19.0. The average molecular weight is 570 g/mol. The van der Waals surface area contributed by atoms with Crippen LogP contribution in [0.2, 0.25) is 10.0 Å². The number of anilines is 1. The summed E-state index contributed by atoms with van der Waals surface area (Å²) in [5.41, 5.74) is 4.94. The van der Waals surface area contributed by atoms with Crippen LogP contribution >= 0.6 is 23.2 Å². The topological polar surface area (TPSA) is 64.8 Å². The number of carbonyl (C=O) groups is 1. The fourth-order valence-corrected chi connectivity index (χ4v) is 6.77. The highest BCUT2D eigenvalue weighted by molar-refractivity contribution is 6.39. The van der Waals surface area contributed by atoms with Crippen molar-refractivity contribution >= 4 is 34.9 Å². The molecule has 0 N–H and O–H groups in total. The van der Waals surface area contributed by atoms with Crippen molar-refractivity contribution in [2.24, 2.45) is 5.92 Å². The Morgan fingerprint density at radius 1 is 1.10 bits per heavy atom. The van der Waals surface area contributed by atoms with Crippen molar-refractivity contribution in [1.29, 1.82) is 0 Å². The number of benzene rings is 2. The van der Waals surface area contributed by atoms with Crippen LogP contribution in [0.4, 0.5) is 5.69 Å². The van der Waals surface area contributed by atoms with Crippen LogP contribution < -0.4 is 4.90 Å². The summed E-state index contributed by atoms with van der Waals surface area (Å²) in [6.07, 6.45) is 6.77. The Morgan fingerprint density at radius 2 is 1.87 bits per heavy atom. The van der Waals surface area contributed by atoms with Crippen LogP contribution in [0.3, 0.4) is 0 Å². The van der Waals surface area contributed by atoms with Gasteiger partial charge in [0.1, 0.15) is 11.5 Å². The Morgan fingerprint density at radius 3 is 2.54 bits per heavy atom. The maximum absolute atomic E-state index is 11.6. The molecular weight excluding hydrogens is 535 g/mol. The van der Waals surface area contributed by atoms with E-state index in [1.54, 1.807) is 0 Å². The van der Waals surface area contributed by atoms with Crippen molar-refractivity contribution in [3.63, 3.8) is 0 Å². The number of hydrogen-bond donors (Lipinski definition) is 0. The van der Waals surface area contributed by atoms with Crippen LogP contribution in [0.25, 0.3) is 11.3 Å². The second-order valence-corrected chi connectivity index (χ2v) is 11.8. The standard InChI is InChI=1S/C31H34Cl2N2O4/c1-2-37-28(36)8-3-5-19-9-13-22(14-10-19)35-17-21-15-23(35)16-27(21)38-18-24-30(34-39-31(24)20-11-12-20)29-25(32)6-4-7-26(29)33/h4,6-7,9-10,13-14,20-21,23,27H,2-3,5,8,11-12,15-18H2,1H3/t21-,23-,27+/m0/s1. The predicted octanol–water partition coefficient (Wildman–Crippen LogP) is 7.60. The van der Waals surface area contributed by atoms with Crippen LogP contribution in [-0.4, -0.2) is 36.4 Å². The van der Waals surface area contributed by atoms with Crippen molar-refractivity contribution in [2.45, 2.75) is 76.5 Å². The van der Waals surface area contributed by atoms with Gasteiger partial charge in [-0.15, -0.1) is 0 Å². The van der Waals surface area contributed by atoms with Gasteiger partial charge in [0.2, 0.25) is 0 Å². The normalized spacial score (nSPS) is 22.0. The Bertz CT molecular complexity index is 1300. The van der Waals surface area contributed by atoms with E-state index in [1.807, 2.05) is 25.1 Å². The predicted molar refractivity (Wildman–Crippen MR) is 152 cm³/mol. The van der Waals surface area contributed by atoms with Gasteiger partial charge in [0, 0.05) is 47.7 Å². The minimum atomic E-state index is -0.115. The van der Waals surface area contributed by atoms with Gasteiger partial charge in [0.05, 0.1) is 29.4 Å². The van der Waals surface area contributed by atoms with E-state index < -0.39 is 0 Å². The molecule has 1 aromatic heterocycles. The number of hydrogen-bond acceptors (Lipinski definition) is 6. The highest BCUT2D eigenvalue weighted by atomic mass is 35.5. The highest BCUT2D eigenvalue weighted by Gasteiger charge is 2.45. The lowest BCUT2D eigenvalue weighted by Crippen LogP contribution is -2.38. The van der Waals surface area contributed by atoms with Gasteiger partial charge in [-0.3, -0.25) is 4.79 Å². The first kappa shape index (κ1) is 26.7. The molecule has 206 valence electrons. The number of aromatic nitrogens is 1. The van der Waals surface area contributed by atoms with Gasteiger partial charge in [0.25, 0.3) is 0 Å². The van der Waals surface area contributed by atoms with E-state index in [4.69, 9.17) is 37.2 Å². The third kappa shape index (κ3) is 5.70. The lowest BCUT2D eigenvalue weighted by molar-refractivity contribution is -0.143. The molecule has 0 spiro atoms. The Kier molecular flexibility index (Phi) is 7.88. The van der Waals surface area contributed by atoms with Gasteiger partial charge < -0.3 is 18.9 Å². The lowest BCUT2D eigenvalue weighted by atomic mass is 10.0. The zero-order valence-electron chi connectivity index (χ0n) is 22.2. The van der Waals surface area contributed by atoms with Crippen molar-refractivity contribution in [1.82, 2.24) is 5.16 Å². The molecule has 39 heavy (non-hydrogen) atoms. The van der Waals surface area contributed by atoms with Gasteiger partial charge in [-0.05, 0) is 75.3 Å². The maximum atomic E-state index is 11.6. The van der Waals surface area contributed by atoms with E-state index >= 15 is 0 Å². The molecule has 6 nitrogen and oxygen atoms in total. The fraction of sp³-hybridized carbons (Fsp3) is 0.484. The molecule has 2 aromatic carbocycles. The third-order valence-corrected chi connectivity index (χ3v) is 8.93. The van der Waals surface area contributed by atoms with Gasteiger partial charge in [0.15, 0.2) is 0 Å². The minimum Gasteiger partial charge on any atom is -0.466 e. The molecule has 2 saturated carbocycles. The molecule has 3 atom stereocenters. The quantitative estimate of drug-likeness (QED) is 0.222. The summed E-state index contributed by atoms with van der Waals surface area (Å²) < 4.78 is 17.4. The van der Waals surface area contributed by atoms with E-state index in [1.165, 1.54) is 11.3 Å². The summed E-state index contributed by atoms with van der Waals surface area (Å²) in [7, 11) is 0. The summed E-state index contributed by atoms with van der Waals surface area (Å²) >= 11 is 13.0. The van der Waals surface area contributed by atoms with Crippen LogP contribution in [-0.2, 0) is 27.3 Å². The largest absolute Gasteiger partial charge is 0.466 e. The van der Waals surface area contributed by atoms with Crippen molar-refractivity contribution in [3.8, 4) is 11.3 Å². The summed E-state index contributed by atoms with van der Waals surface area (Å²) in [5, 5.41) is 5.54. The molecule has 8 heteroatoms. The second-order valence-electron chi connectivity index (χ2n) is 11.0. The Hall–Kier alpha value is -2.54. The molecular formula is C31H34Cl2N2O4. The zero-order valence-corrected chi connectivity index (χ0v) is 23.7. The van der Waals surface area contributed by atoms with Crippen LogP contribution in [0, 0.1) is 5.92 Å². The highest BCUT2D eigenvalue weighted by Crippen LogP contribution is 2.47. The summed E-state index contributed by atoms with van der Waals surface area (Å²) in [6, 6.07) is 14.8. The summed E-state index contributed by atoms with van der Waals surface area (Å²) in [4.78, 5) is 14.1. The summed E-state index contributed by atoms with van der Waals surface area (Å²) in [5.74, 6) is 1.72. The van der Waals surface area contributed by atoms with E-state index in [9.17, 15) is 4.79 Å². The average Bonchev–Trinajstić information content (AvgIpc) is 3.38. The number of aryl methyl sites for hydroxylation is 1. The third-order valence-electron chi connectivity index (χ3n) is 8.30. The van der Waals surface area contributed by atoms with E-state index in [-0.39, 0.29) is 12.1 Å². The SMILES string of the molecule is CCOC(=O)CCCc1ccc(N2C[C@@H]3C[C@H]2C[C@H]3OCc2c(-c3c(Cl)cccc3Cl)noc2C2CC2)cc1. The summed E-state index contributed by atoms with van der Waals surface area (Å²) in [6.45, 7) is 3.74. The molecule has 2 aliphatic carbocycles. The molecule has 0 unspecified atom stereocenters. The molecule has 0 radical (unpaired) electrons. The molecule has 2 heterocycles. The van der Waals surface area contributed by atoms with Gasteiger partial charge in [-0.1, -0.05) is 46.6 Å². The van der Waals surface area contributed by atoms with Crippen molar-refractivity contribution in [2.75, 3.05) is 18.1 Å². The lowest BCUT2D eigenvalue weighted by Gasteiger charge is -2.33. The Balaban J connectivity index is 1.07. The molecule has 3 fully saturated rings. The van der Waals surface area contributed by atoms with E-state index in [0.717, 1.165) is 62.0 Å². The van der Waals surface area contributed by atoms with Crippen LogP contribution in [0.1, 0.15) is 68.3 Å². The van der Waals surface area contributed by atoms with Crippen molar-refractivity contribution in [3.05, 3.63) is 69.4 Å². The maximum Gasteiger partial charge on any atom is 0.305 e. The van der Waals surface area contributed by atoms with Crippen LogP contribution in [0.5, 0.6) is 0 Å². The van der Waals surface area contributed by atoms with E-state index in [2.05, 4.69) is 34.3 Å². The smallest absolute Gasteiger partial charge is 0.305 e. The number of halogens is 2. The number of carbonyl (C=O) groups excluding carboxylic acids is 1. The monoisotopic (exact) mass is 568 g/mol. The molecule has 3 aliphatic rings. The Labute approximate surface area is 239 Å². The molecule has 6 rings (SSSR count). The number of piperidine rings is 1. The number of rotatable bonds is 11. The van der Waals surface area contributed by atoms with Gasteiger partial charge in [-0.25, -0.2) is 0 Å². The van der Waals surface area contributed by atoms with E-state index in [0.29, 0.717) is 53.3 Å². The van der Waals surface area contributed by atoms with Crippen LogP contribution in [0.15, 0.2) is 47.0 Å². The number of nitrogens with zero attached hydrogens (tertiary/aromatic N) is 2. The second kappa shape index (κ2) is 11.5. The molecule has 1 aliphatic heterocycles. The number of fused-ring (bicyclic) bond motifs is 2. The van der Waals surface area contributed by atoms with Gasteiger partial charge >= 0.3 is 5.97 Å².